The van der Waals surface area contributed by atoms with E-state index >= 15 is 0 Å². The molecule has 0 saturated heterocycles. The van der Waals surface area contributed by atoms with Gasteiger partial charge in [-0.3, -0.25) is 4.79 Å². The number of carbonyl (C=O) groups excluding carboxylic acids is 1. The van der Waals surface area contributed by atoms with E-state index in [2.05, 4.69) is 29.7 Å². The average Bonchev–Trinajstić information content (AvgIpc) is 3.19. The first-order valence-corrected chi connectivity index (χ1v) is 8.04. The van der Waals surface area contributed by atoms with E-state index < -0.39 is 0 Å². The molecule has 114 valence electrons. The number of rotatable bonds is 7. The minimum Gasteiger partial charge on any atom is -0.493 e. The lowest BCUT2D eigenvalue weighted by molar-refractivity contribution is -0.121. The Kier molecular flexibility index (Phi) is 4.44. The maximum Gasteiger partial charge on any atom is 0.223 e. The predicted octanol–water partition coefficient (Wildman–Crippen LogP) is 2.33. The molecular formula is C17H24N2O2. The third-order valence-electron chi connectivity index (χ3n) is 4.18. The molecule has 3 rings (SSSR count). The summed E-state index contributed by atoms with van der Waals surface area (Å²) in [6.07, 6.45) is 4.96. The first-order valence-electron chi connectivity index (χ1n) is 8.04. The highest BCUT2D eigenvalue weighted by atomic mass is 16.5. The SMILES string of the molecule is CCNC1CCc2cc(OCCC(=O)NC3CC3)ccc21. The molecule has 0 aromatic heterocycles. The third kappa shape index (κ3) is 3.76. The van der Waals surface area contributed by atoms with Gasteiger partial charge in [0.05, 0.1) is 13.0 Å². The summed E-state index contributed by atoms with van der Waals surface area (Å²) >= 11 is 0. The summed E-state index contributed by atoms with van der Waals surface area (Å²) in [5.74, 6) is 0.982. The molecule has 2 N–H and O–H groups in total. The van der Waals surface area contributed by atoms with Gasteiger partial charge in [-0.2, -0.15) is 0 Å². The fourth-order valence-electron chi connectivity index (χ4n) is 2.93. The molecule has 4 heteroatoms. The highest BCUT2D eigenvalue weighted by Crippen LogP contribution is 2.33. The largest absolute Gasteiger partial charge is 0.493 e. The minimum absolute atomic E-state index is 0.103. The van der Waals surface area contributed by atoms with Crippen molar-refractivity contribution in [2.24, 2.45) is 0 Å². The van der Waals surface area contributed by atoms with Crippen molar-refractivity contribution < 1.29 is 9.53 Å². The number of carbonyl (C=O) groups is 1. The number of hydrogen-bond acceptors (Lipinski definition) is 3. The van der Waals surface area contributed by atoms with Gasteiger partial charge in [-0.1, -0.05) is 13.0 Å². The van der Waals surface area contributed by atoms with Gasteiger partial charge >= 0.3 is 0 Å². The van der Waals surface area contributed by atoms with Crippen molar-refractivity contribution in [2.45, 2.75) is 51.1 Å². The van der Waals surface area contributed by atoms with Crippen LogP contribution in [0.4, 0.5) is 0 Å². The maximum atomic E-state index is 11.6. The number of hydrogen-bond donors (Lipinski definition) is 2. The number of nitrogens with one attached hydrogen (secondary N) is 2. The van der Waals surface area contributed by atoms with E-state index in [0.29, 0.717) is 25.1 Å². The van der Waals surface area contributed by atoms with Crippen molar-refractivity contribution >= 4 is 5.91 Å². The van der Waals surface area contributed by atoms with Gasteiger partial charge in [0.2, 0.25) is 5.91 Å². The summed E-state index contributed by atoms with van der Waals surface area (Å²) in [5, 5.41) is 6.48. The molecule has 4 nitrogen and oxygen atoms in total. The first kappa shape index (κ1) is 14.4. The molecule has 0 aliphatic heterocycles. The molecule has 1 aromatic rings. The highest BCUT2D eigenvalue weighted by molar-refractivity contribution is 5.76. The Hall–Kier alpha value is -1.55. The summed E-state index contributed by atoms with van der Waals surface area (Å²) < 4.78 is 5.72. The number of benzene rings is 1. The Morgan fingerprint density at radius 2 is 2.19 bits per heavy atom. The Bertz CT molecular complexity index is 512. The van der Waals surface area contributed by atoms with E-state index in [9.17, 15) is 4.79 Å². The second-order valence-electron chi connectivity index (χ2n) is 5.95. The van der Waals surface area contributed by atoms with Crippen molar-refractivity contribution in [1.82, 2.24) is 10.6 Å². The molecule has 0 bridgehead atoms. The molecule has 1 amide bonds. The van der Waals surface area contributed by atoms with Crippen LogP contribution >= 0.6 is 0 Å². The Morgan fingerprint density at radius 3 is 2.95 bits per heavy atom. The number of amides is 1. The van der Waals surface area contributed by atoms with Crippen LogP contribution in [-0.2, 0) is 11.2 Å². The zero-order valence-corrected chi connectivity index (χ0v) is 12.7. The summed E-state index contributed by atoms with van der Waals surface area (Å²) in [4.78, 5) is 11.6. The van der Waals surface area contributed by atoms with E-state index in [1.807, 2.05) is 6.07 Å². The molecule has 2 aliphatic carbocycles. The van der Waals surface area contributed by atoms with E-state index in [-0.39, 0.29) is 5.91 Å². The van der Waals surface area contributed by atoms with E-state index in [4.69, 9.17) is 4.74 Å². The van der Waals surface area contributed by atoms with E-state index in [1.54, 1.807) is 0 Å². The molecule has 0 spiro atoms. The van der Waals surface area contributed by atoms with E-state index in [1.165, 1.54) is 11.1 Å². The molecule has 1 saturated carbocycles. The normalized spacial score (nSPS) is 20.1. The van der Waals surface area contributed by atoms with Crippen LogP contribution < -0.4 is 15.4 Å². The zero-order valence-electron chi connectivity index (χ0n) is 12.7. The molecule has 0 heterocycles. The van der Waals surface area contributed by atoms with Crippen LogP contribution in [-0.4, -0.2) is 25.1 Å². The van der Waals surface area contributed by atoms with Crippen molar-refractivity contribution in [3.8, 4) is 5.75 Å². The van der Waals surface area contributed by atoms with Crippen LogP contribution in [0.5, 0.6) is 5.75 Å². The molecule has 1 fully saturated rings. The summed E-state index contributed by atoms with van der Waals surface area (Å²) in [5.41, 5.74) is 2.77. The Labute approximate surface area is 126 Å². The van der Waals surface area contributed by atoms with E-state index in [0.717, 1.165) is 38.0 Å². The smallest absolute Gasteiger partial charge is 0.223 e. The van der Waals surface area contributed by atoms with Crippen molar-refractivity contribution in [3.05, 3.63) is 29.3 Å². The van der Waals surface area contributed by atoms with Gasteiger partial charge in [-0.05, 0) is 55.5 Å². The highest BCUT2D eigenvalue weighted by Gasteiger charge is 2.23. The van der Waals surface area contributed by atoms with Crippen LogP contribution in [0.15, 0.2) is 18.2 Å². The number of aryl methyl sites for hydroxylation is 1. The zero-order chi connectivity index (χ0) is 14.7. The van der Waals surface area contributed by atoms with Crippen LogP contribution in [0.3, 0.4) is 0 Å². The monoisotopic (exact) mass is 288 g/mol. The topological polar surface area (TPSA) is 50.4 Å². The Morgan fingerprint density at radius 1 is 1.33 bits per heavy atom. The summed E-state index contributed by atoms with van der Waals surface area (Å²) in [7, 11) is 0. The average molecular weight is 288 g/mol. The second kappa shape index (κ2) is 6.48. The summed E-state index contributed by atoms with van der Waals surface area (Å²) in [6, 6.07) is 7.23. The van der Waals surface area contributed by atoms with Gasteiger partial charge in [-0.25, -0.2) is 0 Å². The second-order valence-corrected chi connectivity index (χ2v) is 5.95. The summed E-state index contributed by atoms with van der Waals surface area (Å²) in [6.45, 7) is 3.59. The molecular weight excluding hydrogens is 264 g/mol. The van der Waals surface area contributed by atoms with Gasteiger partial charge in [-0.15, -0.1) is 0 Å². The van der Waals surface area contributed by atoms with Gasteiger partial charge < -0.3 is 15.4 Å². The standard InChI is InChI=1S/C17H24N2O2/c1-2-18-16-8-3-12-11-14(6-7-15(12)16)21-10-9-17(20)19-13-4-5-13/h6-7,11,13,16,18H,2-5,8-10H2,1H3,(H,19,20). The minimum atomic E-state index is 0.103. The maximum absolute atomic E-state index is 11.6. The predicted molar refractivity (Wildman–Crippen MR) is 82.5 cm³/mol. The fraction of sp³-hybridized carbons (Fsp3) is 0.588. The lowest BCUT2D eigenvalue weighted by Crippen LogP contribution is -2.26. The molecule has 0 radical (unpaired) electrons. The van der Waals surface area contributed by atoms with Crippen LogP contribution in [0, 0.1) is 0 Å². The molecule has 1 aromatic carbocycles. The fourth-order valence-corrected chi connectivity index (χ4v) is 2.93. The third-order valence-corrected chi connectivity index (χ3v) is 4.18. The van der Waals surface area contributed by atoms with Crippen LogP contribution in [0.1, 0.15) is 49.8 Å². The van der Waals surface area contributed by atoms with Gasteiger partial charge in [0.25, 0.3) is 0 Å². The molecule has 1 unspecified atom stereocenters. The lowest BCUT2D eigenvalue weighted by Gasteiger charge is -2.13. The van der Waals surface area contributed by atoms with Crippen molar-refractivity contribution in [2.75, 3.05) is 13.2 Å². The number of fused-ring (bicyclic) bond motifs is 1. The Balaban J connectivity index is 1.49. The molecule has 21 heavy (non-hydrogen) atoms. The lowest BCUT2D eigenvalue weighted by atomic mass is 10.1. The van der Waals surface area contributed by atoms with Gasteiger partial charge in [0.1, 0.15) is 5.75 Å². The number of ether oxygens (including phenoxy) is 1. The van der Waals surface area contributed by atoms with Gasteiger partial charge in [0, 0.05) is 12.1 Å². The van der Waals surface area contributed by atoms with Crippen molar-refractivity contribution in [1.29, 1.82) is 0 Å². The van der Waals surface area contributed by atoms with Gasteiger partial charge in [0.15, 0.2) is 0 Å². The molecule has 1 atom stereocenters. The van der Waals surface area contributed by atoms with Crippen LogP contribution in [0.2, 0.25) is 0 Å². The van der Waals surface area contributed by atoms with Crippen molar-refractivity contribution in [3.63, 3.8) is 0 Å². The first-order chi connectivity index (χ1) is 10.3. The van der Waals surface area contributed by atoms with Crippen LogP contribution in [0.25, 0.3) is 0 Å². The quantitative estimate of drug-likeness (QED) is 0.809. The molecule has 2 aliphatic rings.